The number of nitrogens with one attached hydrogen (secondary N) is 1. The van der Waals surface area contributed by atoms with Crippen LogP contribution in [0.2, 0.25) is 0 Å². The standard InChI is InChI=1S/C13H20ClNO4S/c1-10(15-20(16,17)8-4-7-14)11-5-6-12(18-2)13(9-11)19-3/h5-6,9-10,15H,4,7-8H2,1-3H3. The number of methoxy groups -OCH3 is 2. The summed E-state index contributed by atoms with van der Waals surface area (Å²) in [5.41, 5.74) is 0.803. The van der Waals surface area contributed by atoms with E-state index in [1.165, 1.54) is 7.11 Å². The third-order valence-corrected chi connectivity index (χ3v) is 4.62. The van der Waals surface area contributed by atoms with Gasteiger partial charge in [-0.1, -0.05) is 6.07 Å². The molecule has 20 heavy (non-hydrogen) atoms. The number of hydrogen-bond acceptors (Lipinski definition) is 4. The lowest BCUT2D eigenvalue weighted by molar-refractivity contribution is 0.354. The van der Waals surface area contributed by atoms with Gasteiger partial charge in [0.1, 0.15) is 0 Å². The number of ether oxygens (including phenoxy) is 2. The van der Waals surface area contributed by atoms with Crippen LogP contribution in [0.4, 0.5) is 0 Å². The first kappa shape index (κ1) is 17.1. The van der Waals surface area contributed by atoms with E-state index in [1.807, 2.05) is 0 Å². The predicted molar refractivity (Wildman–Crippen MR) is 80.2 cm³/mol. The molecule has 1 N–H and O–H groups in total. The number of sulfonamides is 1. The van der Waals surface area contributed by atoms with E-state index in [4.69, 9.17) is 21.1 Å². The third kappa shape index (κ3) is 4.85. The average Bonchev–Trinajstić information content (AvgIpc) is 2.43. The van der Waals surface area contributed by atoms with Crippen LogP contribution in [0.1, 0.15) is 24.9 Å². The van der Waals surface area contributed by atoms with Crippen LogP contribution < -0.4 is 14.2 Å². The largest absolute Gasteiger partial charge is 0.493 e. The Balaban J connectivity index is 2.84. The zero-order valence-electron chi connectivity index (χ0n) is 11.8. The van der Waals surface area contributed by atoms with Crippen molar-refractivity contribution in [1.29, 1.82) is 0 Å². The van der Waals surface area contributed by atoms with Gasteiger partial charge in [-0.25, -0.2) is 13.1 Å². The fourth-order valence-corrected chi connectivity index (χ4v) is 3.37. The molecule has 1 rings (SSSR count). The monoisotopic (exact) mass is 321 g/mol. The summed E-state index contributed by atoms with van der Waals surface area (Å²) in [6, 6.07) is 4.96. The fourth-order valence-electron chi connectivity index (χ4n) is 1.76. The molecule has 0 saturated heterocycles. The van der Waals surface area contributed by atoms with Crippen molar-refractivity contribution >= 4 is 21.6 Å². The summed E-state index contributed by atoms with van der Waals surface area (Å²) >= 11 is 5.51. The summed E-state index contributed by atoms with van der Waals surface area (Å²) in [4.78, 5) is 0. The lowest BCUT2D eigenvalue weighted by Crippen LogP contribution is -2.29. The van der Waals surface area contributed by atoms with Crippen LogP contribution in [0, 0.1) is 0 Å². The van der Waals surface area contributed by atoms with Crippen LogP contribution in [0.25, 0.3) is 0 Å². The maximum atomic E-state index is 11.8. The van der Waals surface area contributed by atoms with Crippen molar-refractivity contribution in [2.75, 3.05) is 25.9 Å². The minimum atomic E-state index is -3.33. The number of rotatable bonds is 8. The molecule has 0 fully saturated rings. The van der Waals surface area contributed by atoms with Crippen molar-refractivity contribution in [3.63, 3.8) is 0 Å². The van der Waals surface area contributed by atoms with Crippen LogP contribution in [0.5, 0.6) is 11.5 Å². The highest BCUT2D eigenvalue weighted by Gasteiger charge is 2.16. The minimum absolute atomic E-state index is 0.0220. The second kappa shape index (κ2) is 7.71. The zero-order valence-corrected chi connectivity index (χ0v) is 13.4. The molecule has 0 aliphatic rings. The first-order valence-electron chi connectivity index (χ1n) is 6.21. The Labute approximate surface area is 125 Å². The van der Waals surface area contributed by atoms with Gasteiger partial charge in [0.25, 0.3) is 0 Å². The molecule has 7 heteroatoms. The van der Waals surface area contributed by atoms with Crippen molar-refractivity contribution in [3.8, 4) is 11.5 Å². The summed E-state index contributed by atoms with van der Waals surface area (Å²) in [5, 5.41) is 0. The zero-order chi connectivity index (χ0) is 15.2. The Hall–Kier alpha value is -0.980. The summed E-state index contributed by atoms with van der Waals surface area (Å²) in [7, 11) is -0.243. The summed E-state index contributed by atoms with van der Waals surface area (Å²) in [6.45, 7) is 1.78. The van der Waals surface area contributed by atoms with Crippen LogP contribution in [0.15, 0.2) is 18.2 Å². The maximum Gasteiger partial charge on any atom is 0.212 e. The van der Waals surface area contributed by atoms with Gasteiger partial charge < -0.3 is 9.47 Å². The molecule has 0 spiro atoms. The van der Waals surface area contributed by atoms with Gasteiger partial charge in [-0.3, -0.25) is 0 Å². The first-order valence-corrected chi connectivity index (χ1v) is 8.40. The van der Waals surface area contributed by atoms with Gasteiger partial charge in [0.15, 0.2) is 11.5 Å². The summed E-state index contributed by atoms with van der Waals surface area (Å²) < 4.78 is 36.6. The van der Waals surface area contributed by atoms with E-state index in [2.05, 4.69) is 4.72 Å². The predicted octanol–water partition coefficient (Wildman–Crippen LogP) is 2.31. The molecule has 0 heterocycles. The molecule has 0 radical (unpaired) electrons. The number of hydrogen-bond donors (Lipinski definition) is 1. The minimum Gasteiger partial charge on any atom is -0.493 e. The quantitative estimate of drug-likeness (QED) is 0.746. The fraction of sp³-hybridized carbons (Fsp3) is 0.538. The molecule has 0 amide bonds. The van der Waals surface area contributed by atoms with E-state index in [0.29, 0.717) is 23.8 Å². The molecule has 0 aliphatic carbocycles. The highest BCUT2D eigenvalue weighted by Crippen LogP contribution is 2.30. The molecule has 0 saturated carbocycles. The van der Waals surface area contributed by atoms with E-state index in [0.717, 1.165) is 5.56 Å². The number of halogens is 1. The molecule has 114 valence electrons. The number of alkyl halides is 1. The van der Waals surface area contributed by atoms with Crippen LogP contribution >= 0.6 is 11.6 Å². The molecule has 1 aromatic carbocycles. The van der Waals surface area contributed by atoms with Gasteiger partial charge >= 0.3 is 0 Å². The first-order chi connectivity index (χ1) is 9.43. The second-order valence-electron chi connectivity index (χ2n) is 4.32. The highest BCUT2D eigenvalue weighted by molar-refractivity contribution is 7.89. The van der Waals surface area contributed by atoms with Crippen molar-refractivity contribution in [2.45, 2.75) is 19.4 Å². The van der Waals surface area contributed by atoms with Gasteiger partial charge in [0, 0.05) is 11.9 Å². The second-order valence-corrected chi connectivity index (χ2v) is 6.57. The van der Waals surface area contributed by atoms with Gasteiger partial charge in [-0.2, -0.15) is 0 Å². The van der Waals surface area contributed by atoms with Crippen molar-refractivity contribution in [3.05, 3.63) is 23.8 Å². The number of benzene rings is 1. The molecule has 5 nitrogen and oxygen atoms in total. The van der Waals surface area contributed by atoms with Crippen molar-refractivity contribution in [2.24, 2.45) is 0 Å². The molecule has 0 bridgehead atoms. The van der Waals surface area contributed by atoms with Gasteiger partial charge in [-0.15, -0.1) is 11.6 Å². The van der Waals surface area contributed by atoms with E-state index < -0.39 is 10.0 Å². The van der Waals surface area contributed by atoms with Gasteiger partial charge in [-0.05, 0) is 31.0 Å². The molecule has 1 aromatic rings. The Morgan fingerprint density at radius 2 is 1.90 bits per heavy atom. The Morgan fingerprint density at radius 1 is 1.25 bits per heavy atom. The maximum absolute atomic E-state index is 11.8. The van der Waals surface area contributed by atoms with E-state index >= 15 is 0 Å². The highest BCUT2D eigenvalue weighted by atomic mass is 35.5. The van der Waals surface area contributed by atoms with Crippen LogP contribution in [0.3, 0.4) is 0 Å². The lowest BCUT2D eigenvalue weighted by Gasteiger charge is -2.16. The molecule has 0 aliphatic heterocycles. The lowest BCUT2D eigenvalue weighted by atomic mass is 10.1. The topological polar surface area (TPSA) is 64.6 Å². The molecule has 1 unspecified atom stereocenters. The van der Waals surface area contributed by atoms with E-state index in [-0.39, 0.29) is 11.8 Å². The molecular weight excluding hydrogens is 302 g/mol. The third-order valence-electron chi connectivity index (χ3n) is 2.81. The van der Waals surface area contributed by atoms with Crippen LogP contribution in [-0.4, -0.2) is 34.3 Å². The normalized spacial score (nSPS) is 13.0. The van der Waals surface area contributed by atoms with Gasteiger partial charge in [0.05, 0.1) is 20.0 Å². The SMILES string of the molecule is COc1ccc(C(C)NS(=O)(=O)CCCCl)cc1OC. The molecule has 1 atom stereocenters. The Morgan fingerprint density at radius 3 is 2.45 bits per heavy atom. The Kier molecular flexibility index (Phi) is 6.58. The average molecular weight is 322 g/mol. The van der Waals surface area contributed by atoms with E-state index in [1.54, 1.807) is 32.2 Å². The molecular formula is C13H20ClNO4S. The summed E-state index contributed by atoms with van der Waals surface area (Å²) in [5.74, 6) is 1.52. The smallest absolute Gasteiger partial charge is 0.212 e. The summed E-state index contributed by atoms with van der Waals surface area (Å²) in [6.07, 6.45) is 0.426. The molecule has 0 aromatic heterocycles. The van der Waals surface area contributed by atoms with E-state index in [9.17, 15) is 8.42 Å². The van der Waals surface area contributed by atoms with Crippen molar-refractivity contribution < 1.29 is 17.9 Å². The Bertz CT molecular complexity index is 533. The van der Waals surface area contributed by atoms with Crippen LogP contribution in [-0.2, 0) is 10.0 Å². The van der Waals surface area contributed by atoms with Crippen molar-refractivity contribution in [1.82, 2.24) is 4.72 Å². The van der Waals surface area contributed by atoms with Gasteiger partial charge in [0.2, 0.25) is 10.0 Å².